The molecule has 1 aromatic carbocycles. The molecule has 0 bridgehead atoms. The van der Waals surface area contributed by atoms with Gasteiger partial charge in [-0.2, -0.15) is 0 Å². The Morgan fingerprint density at radius 1 is 1.20 bits per heavy atom. The highest BCUT2D eigenvalue weighted by atomic mass is 79.9. The molecule has 108 valence electrons. The van der Waals surface area contributed by atoms with Crippen LogP contribution < -0.4 is 5.32 Å². The lowest BCUT2D eigenvalue weighted by Crippen LogP contribution is -2.22. The summed E-state index contributed by atoms with van der Waals surface area (Å²) < 4.78 is 28.5. The molecule has 0 spiro atoms. The van der Waals surface area contributed by atoms with Crippen molar-refractivity contribution in [2.24, 2.45) is 0 Å². The molecule has 5 heteroatoms. The first-order chi connectivity index (χ1) is 9.43. The summed E-state index contributed by atoms with van der Waals surface area (Å²) in [4.78, 5) is 2.16. The molecule has 0 fully saturated rings. The normalized spacial score (nSPS) is 12.7. The Balaban J connectivity index is 2.50. The van der Waals surface area contributed by atoms with Crippen molar-refractivity contribution in [1.29, 1.82) is 0 Å². The molecular weight excluding hydrogens is 344 g/mol. The molecule has 20 heavy (non-hydrogen) atoms. The first-order valence-corrected chi connectivity index (χ1v) is 7.99. The summed E-state index contributed by atoms with van der Waals surface area (Å²) in [6, 6.07) is 4.28. The second-order valence-electron chi connectivity index (χ2n) is 4.67. The first-order valence-electron chi connectivity index (χ1n) is 6.38. The van der Waals surface area contributed by atoms with Crippen molar-refractivity contribution in [3.8, 4) is 0 Å². The number of rotatable bonds is 4. The van der Waals surface area contributed by atoms with Crippen LogP contribution in [0.1, 0.15) is 33.8 Å². The summed E-state index contributed by atoms with van der Waals surface area (Å²) in [5.74, 6) is -1.02. The van der Waals surface area contributed by atoms with Gasteiger partial charge >= 0.3 is 0 Å². The third-order valence-electron chi connectivity index (χ3n) is 3.16. The summed E-state index contributed by atoms with van der Waals surface area (Å²) in [7, 11) is 0. The second kappa shape index (κ2) is 6.33. The number of nitrogens with one attached hydrogen (secondary N) is 1. The lowest BCUT2D eigenvalue weighted by Gasteiger charge is -2.18. The van der Waals surface area contributed by atoms with Gasteiger partial charge in [0.1, 0.15) is 11.6 Å². The molecule has 1 N–H and O–H groups in total. The predicted octanol–water partition coefficient (Wildman–Crippen LogP) is 5.10. The standard InChI is InChI=1S/C15H16BrF2NS/c1-4-19-15(14-6-11(16)9(3)20-14)10-5-8(2)12(17)7-13(10)18/h5-7,15,19H,4H2,1-3H3. The van der Waals surface area contributed by atoms with E-state index in [0.717, 1.165) is 20.3 Å². The minimum absolute atomic E-state index is 0.255. The van der Waals surface area contributed by atoms with Crippen LogP contribution in [0.3, 0.4) is 0 Å². The predicted molar refractivity (Wildman–Crippen MR) is 83.4 cm³/mol. The molecule has 2 rings (SSSR count). The Bertz CT molecular complexity index is 605. The highest BCUT2D eigenvalue weighted by Crippen LogP contribution is 2.35. The van der Waals surface area contributed by atoms with Crippen LogP contribution in [0.4, 0.5) is 8.78 Å². The van der Waals surface area contributed by atoms with Crippen LogP contribution in [0.25, 0.3) is 0 Å². The molecule has 0 aliphatic heterocycles. The van der Waals surface area contributed by atoms with Crippen molar-refractivity contribution in [2.75, 3.05) is 6.54 Å². The van der Waals surface area contributed by atoms with E-state index < -0.39 is 11.6 Å². The number of halogens is 3. The van der Waals surface area contributed by atoms with Gasteiger partial charge in [-0.1, -0.05) is 6.92 Å². The van der Waals surface area contributed by atoms with E-state index in [1.807, 2.05) is 19.9 Å². The summed E-state index contributed by atoms with van der Waals surface area (Å²) in [5, 5.41) is 3.27. The van der Waals surface area contributed by atoms with Gasteiger partial charge in [0.25, 0.3) is 0 Å². The molecule has 0 radical (unpaired) electrons. The zero-order chi connectivity index (χ0) is 14.9. The fourth-order valence-electron chi connectivity index (χ4n) is 2.09. The largest absolute Gasteiger partial charge is 0.306 e. The van der Waals surface area contributed by atoms with E-state index in [1.165, 1.54) is 0 Å². The summed E-state index contributed by atoms with van der Waals surface area (Å²) in [5.41, 5.74) is 0.941. The Labute approximate surface area is 130 Å². The number of thiophene rings is 1. The van der Waals surface area contributed by atoms with Crippen molar-refractivity contribution in [1.82, 2.24) is 5.32 Å². The van der Waals surface area contributed by atoms with E-state index >= 15 is 0 Å². The van der Waals surface area contributed by atoms with Crippen LogP contribution in [0.5, 0.6) is 0 Å². The fourth-order valence-corrected chi connectivity index (χ4v) is 3.75. The first kappa shape index (κ1) is 15.6. The molecule has 0 saturated heterocycles. The maximum Gasteiger partial charge on any atom is 0.131 e. The minimum atomic E-state index is -0.513. The molecule has 1 nitrogen and oxygen atoms in total. The Morgan fingerprint density at radius 2 is 1.90 bits per heavy atom. The summed E-state index contributed by atoms with van der Waals surface area (Å²) in [6.07, 6.45) is 0. The van der Waals surface area contributed by atoms with Gasteiger partial charge in [0, 0.05) is 25.9 Å². The minimum Gasteiger partial charge on any atom is -0.306 e. The van der Waals surface area contributed by atoms with Gasteiger partial charge in [0.2, 0.25) is 0 Å². The van der Waals surface area contributed by atoms with Gasteiger partial charge in [-0.05, 0) is 54.0 Å². The van der Waals surface area contributed by atoms with Crippen LogP contribution >= 0.6 is 27.3 Å². The SMILES string of the molecule is CCNC(c1cc(Br)c(C)s1)c1cc(C)c(F)cc1F. The van der Waals surface area contributed by atoms with E-state index in [-0.39, 0.29) is 6.04 Å². The third kappa shape index (κ3) is 3.10. The van der Waals surface area contributed by atoms with E-state index in [2.05, 4.69) is 21.2 Å². The summed E-state index contributed by atoms with van der Waals surface area (Å²) >= 11 is 5.09. The Morgan fingerprint density at radius 3 is 2.45 bits per heavy atom. The number of hydrogen-bond donors (Lipinski definition) is 1. The van der Waals surface area contributed by atoms with Crippen LogP contribution in [0.15, 0.2) is 22.7 Å². The lowest BCUT2D eigenvalue weighted by atomic mass is 10.0. The molecule has 1 unspecified atom stereocenters. The molecular formula is C15H16BrF2NS. The molecule has 2 aromatic rings. The van der Waals surface area contributed by atoms with Crippen LogP contribution in [-0.4, -0.2) is 6.54 Å². The molecule has 0 amide bonds. The topological polar surface area (TPSA) is 12.0 Å². The Hall–Kier alpha value is -0.780. The van der Waals surface area contributed by atoms with Gasteiger partial charge in [-0.15, -0.1) is 11.3 Å². The zero-order valence-electron chi connectivity index (χ0n) is 11.6. The van der Waals surface area contributed by atoms with Gasteiger partial charge in [-0.3, -0.25) is 0 Å². The van der Waals surface area contributed by atoms with Gasteiger partial charge in [0.15, 0.2) is 0 Å². The van der Waals surface area contributed by atoms with Crippen molar-refractivity contribution in [3.05, 3.63) is 55.2 Å². The third-order valence-corrected chi connectivity index (χ3v) is 5.36. The highest BCUT2D eigenvalue weighted by Gasteiger charge is 2.21. The number of benzene rings is 1. The zero-order valence-corrected chi connectivity index (χ0v) is 14.0. The van der Waals surface area contributed by atoms with Crippen molar-refractivity contribution in [2.45, 2.75) is 26.8 Å². The number of hydrogen-bond acceptors (Lipinski definition) is 2. The van der Waals surface area contributed by atoms with Crippen LogP contribution in [-0.2, 0) is 0 Å². The molecule has 1 aromatic heterocycles. The average Bonchev–Trinajstić information content (AvgIpc) is 2.71. The van der Waals surface area contributed by atoms with Gasteiger partial charge in [0.05, 0.1) is 6.04 Å². The second-order valence-corrected chi connectivity index (χ2v) is 6.81. The smallest absolute Gasteiger partial charge is 0.131 e. The van der Waals surface area contributed by atoms with Gasteiger partial charge in [-0.25, -0.2) is 8.78 Å². The molecule has 0 saturated carbocycles. The van der Waals surface area contributed by atoms with Crippen LogP contribution in [0.2, 0.25) is 0 Å². The van der Waals surface area contributed by atoms with Crippen molar-refractivity contribution >= 4 is 27.3 Å². The maximum atomic E-state index is 14.1. The highest BCUT2D eigenvalue weighted by molar-refractivity contribution is 9.10. The van der Waals surface area contributed by atoms with E-state index in [4.69, 9.17) is 0 Å². The van der Waals surface area contributed by atoms with Crippen molar-refractivity contribution < 1.29 is 8.78 Å². The molecule has 0 aliphatic rings. The van der Waals surface area contributed by atoms with E-state index in [9.17, 15) is 8.78 Å². The lowest BCUT2D eigenvalue weighted by molar-refractivity contribution is 0.540. The van der Waals surface area contributed by atoms with E-state index in [1.54, 1.807) is 24.3 Å². The van der Waals surface area contributed by atoms with Crippen LogP contribution in [0, 0.1) is 25.5 Å². The van der Waals surface area contributed by atoms with Crippen molar-refractivity contribution in [3.63, 3.8) is 0 Å². The van der Waals surface area contributed by atoms with E-state index in [0.29, 0.717) is 17.7 Å². The van der Waals surface area contributed by atoms with Gasteiger partial charge < -0.3 is 5.32 Å². The monoisotopic (exact) mass is 359 g/mol. The molecule has 0 aliphatic carbocycles. The number of aryl methyl sites for hydroxylation is 2. The molecule has 1 atom stereocenters. The Kier molecular flexibility index (Phi) is 4.94. The quantitative estimate of drug-likeness (QED) is 0.800. The summed E-state index contributed by atoms with van der Waals surface area (Å²) in [6.45, 7) is 6.33. The average molecular weight is 360 g/mol. The maximum absolute atomic E-state index is 14.1. The fraction of sp³-hybridized carbons (Fsp3) is 0.333. The molecule has 1 heterocycles.